The number of carbonyl (C=O) groups excluding carboxylic acids is 2. The molecular formula is C27H26N2O2. The molecule has 1 heterocycles. The number of hydrogen-bond acceptors (Lipinski definition) is 3. The first-order chi connectivity index (χ1) is 15.0. The lowest BCUT2D eigenvalue weighted by atomic mass is 9.97. The number of Topliss-reactive ketones (excluding diaryl/α,β-unsaturated/α-hetero) is 1. The second kappa shape index (κ2) is 8.31. The molecule has 0 spiro atoms. The second-order valence-electron chi connectivity index (χ2n) is 7.91. The molecule has 4 heteroatoms. The summed E-state index contributed by atoms with van der Waals surface area (Å²) < 4.78 is 2.19. The van der Waals surface area contributed by atoms with Gasteiger partial charge >= 0.3 is 0 Å². The van der Waals surface area contributed by atoms with E-state index >= 15 is 0 Å². The van der Waals surface area contributed by atoms with Crippen LogP contribution < -0.4 is 0 Å². The number of carbonyl (C=O) groups is 2. The maximum Gasteiger partial charge on any atom is 0.206 e. The lowest BCUT2D eigenvalue weighted by Gasteiger charge is -2.06. The Morgan fingerprint density at radius 2 is 1.48 bits per heavy atom. The summed E-state index contributed by atoms with van der Waals surface area (Å²) in [5.41, 5.74) is 5.00. The zero-order chi connectivity index (χ0) is 22.1. The van der Waals surface area contributed by atoms with Crippen molar-refractivity contribution < 1.29 is 9.59 Å². The van der Waals surface area contributed by atoms with Crippen LogP contribution in [0.25, 0.3) is 21.8 Å². The van der Waals surface area contributed by atoms with Crippen molar-refractivity contribution in [3.63, 3.8) is 0 Å². The highest BCUT2D eigenvalue weighted by Crippen LogP contribution is 2.31. The van der Waals surface area contributed by atoms with Crippen LogP contribution in [0.15, 0.2) is 60.7 Å². The summed E-state index contributed by atoms with van der Waals surface area (Å²) in [4.78, 5) is 25.9. The number of aromatic nitrogens is 1. The molecule has 0 aliphatic heterocycles. The maximum atomic E-state index is 13.2. The molecule has 4 aromatic rings. The Morgan fingerprint density at radius 3 is 2.10 bits per heavy atom. The summed E-state index contributed by atoms with van der Waals surface area (Å²) in [6, 6.07) is 19.0. The van der Waals surface area contributed by atoms with Gasteiger partial charge in [0.15, 0.2) is 5.78 Å². The van der Waals surface area contributed by atoms with Crippen LogP contribution in [0.3, 0.4) is 0 Å². The first kappa shape index (κ1) is 20.7. The SMILES string of the molecule is CCCC(=N)C(=O)c1ccc2c(c1)c1cc(C(=O)c3ccccc3C)ccc1n2CC. The smallest absolute Gasteiger partial charge is 0.206 e. The lowest BCUT2D eigenvalue weighted by Crippen LogP contribution is -2.12. The van der Waals surface area contributed by atoms with E-state index < -0.39 is 0 Å². The molecule has 0 saturated carbocycles. The largest absolute Gasteiger partial charge is 0.341 e. The third-order valence-corrected chi connectivity index (χ3v) is 5.87. The van der Waals surface area contributed by atoms with Crippen molar-refractivity contribution in [2.75, 3.05) is 0 Å². The minimum Gasteiger partial charge on any atom is -0.341 e. The first-order valence-electron chi connectivity index (χ1n) is 10.7. The van der Waals surface area contributed by atoms with Gasteiger partial charge in [-0.2, -0.15) is 0 Å². The molecule has 0 atom stereocenters. The van der Waals surface area contributed by atoms with E-state index in [4.69, 9.17) is 5.41 Å². The fourth-order valence-corrected chi connectivity index (χ4v) is 4.25. The van der Waals surface area contributed by atoms with Crippen LogP contribution in [0.2, 0.25) is 0 Å². The van der Waals surface area contributed by atoms with Gasteiger partial charge in [0.1, 0.15) is 0 Å². The van der Waals surface area contributed by atoms with E-state index in [2.05, 4.69) is 11.5 Å². The summed E-state index contributed by atoms with van der Waals surface area (Å²) in [5, 5.41) is 9.94. The van der Waals surface area contributed by atoms with Gasteiger partial charge in [-0.05, 0) is 62.2 Å². The molecule has 0 fully saturated rings. The van der Waals surface area contributed by atoms with Gasteiger partial charge in [0.2, 0.25) is 5.78 Å². The molecule has 0 aliphatic carbocycles. The summed E-state index contributed by atoms with van der Waals surface area (Å²) in [5.74, 6) is -0.234. The summed E-state index contributed by atoms with van der Waals surface area (Å²) in [6.07, 6.45) is 1.25. The van der Waals surface area contributed by atoms with Gasteiger partial charge in [0.05, 0.1) is 5.71 Å². The van der Waals surface area contributed by atoms with Crippen molar-refractivity contribution in [2.24, 2.45) is 0 Å². The monoisotopic (exact) mass is 410 g/mol. The van der Waals surface area contributed by atoms with Crippen LogP contribution >= 0.6 is 0 Å². The zero-order valence-electron chi connectivity index (χ0n) is 18.2. The van der Waals surface area contributed by atoms with Crippen molar-refractivity contribution in [3.05, 3.63) is 82.9 Å². The number of rotatable bonds is 7. The number of aryl methyl sites for hydroxylation is 2. The number of benzene rings is 3. The number of fused-ring (bicyclic) bond motifs is 3. The molecule has 0 amide bonds. The highest BCUT2D eigenvalue weighted by molar-refractivity contribution is 6.45. The lowest BCUT2D eigenvalue weighted by molar-refractivity contribution is 0.103. The van der Waals surface area contributed by atoms with Gasteiger partial charge in [0.25, 0.3) is 0 Å². The van der Waals surface area contributed by atoms with Crippen LogP contribution in [-0.4, -0.2) is 21.8 Å². The van der Waals surface area contributed by atoms with E-state index in [1.54, 1.807) is 6.07 Å². The van der Waals surface area contributed by atoms with Gasteiger partial charge < -0.3 is 9.98 Å². The van der Waals surface area contributed by atoms with Crippen LogP contribution in [0.1, 0.15) is 58.5 Å². The van der Waals surface area contributed by atoms with Crippen LogP contribution in [0.5, 0.6) is 0 Å². The Hall–Kier alpha value is -3.53. The van der Waals surface area contributed by atoms with Crippen LogP contribution in [-0.2, 0) is 6.54 Å². The number of nitrogens with zero attached hydrogens (tertiary/aromatic N) is 1. The molecule has 0 bridgehead atoms. The quantitative estimate of drug-likeness (QED) is 0.285. The minimum absolute atomic E-state index is 0.00523. The van der Waals surface area contributed by atoms with Crippen molar-refractivity contribution in [1.29, 1.82) is 5.41 Å². The summed E-state index contributed by atoms with van der Waals surface area (Å²) >= 11 is 0. The highest BCUT2D eigenvalue weighted by Gasteiger charge is 2.18. The highest BCUT2D eigenvalue weighted by atomic mass is 16.1. The summed E-state index contributed by atoms with van der Waals surface area (Å²) in [6.45, 7) is 6.77. The number of nitrogens with one attached hydrogen (secondary N) is 1. The normalized spacial score (nSPS) is 11.2. The molecule has 1 N–H and O–H groups in total. The predicted molar refractivity (Wildman–Crippen MR) is 127 cm³/mol. The standard InChI is InChI=1S/C27H26N2O2/c1-4-8-23(28)27(31)19-12-14-25-22(16-19)21-15-18(11-13-24(21)29(25)5-2)26(30)20-10-7-6-9-17(20)3/h6-7,9-16,28H,4-5,8H2,1-3H3. The molecule has 3 aromatic carbocycles. The van der Waals surface area contributed by atoms with Gasteiger partial charge in [0, 0.05) is 45.0 Å². The van der Waals surface area contributed by atoms with E-state index in [1.165, 1.54) is 0 Å². The molecule has 1 aromatic heterocycles. The van der Waals surface area contributed by atoms with E-state index in [9.17, 15) is 9.59 Å². The number of ketones is 2. The van der Waals surface area contributed by atoms with Crippen LogP contribution in [0.4, 0.5) is 0 Å². The second-order valence-corrected chi connectivity index (χ2v) is 7.91. The van der Waals surface area contributed by atoms with Gasteiger partial charge in [-0.15, -0.1) is 0 Å². The van der Waals surface area contributed by atoms with Crippen LogP contribution in [0, 0.1) is 12.3 Å². The molecule has 4 nitrogen and oxygen atoms in total. The molecule has 0 radical (unpaired) electrons. The molecular weight excluding hydrogens is 384 g/mol. The molecule has 156 valence electrons. The average molecular weight is 411 g/mol. The molecule has 31 heavy (non-hydrogen) atoms. The van der Waals surface area contributed by atoms with Gasteiger partial charge in [-0.3, -0.25) is 9.59 Å². The fraction of sp³-hybridized carbons (Fsp3) is 0.222. The molecule has 4 rings (SSSR count). The predicted octanol–water partition coefficient (Wildman–Crippen LogP) is 6.36. The van der Waals surface area contributed by atoms with E-state index in [0.29, 0.717) is 23.1 Å². The molecule has 0 saturated heterocycles. The van der Waals surface area contributed by atoms with Crippen molar-refractivity contribution in [1.82, 2.24) is 4.57 Å². The minimum atomic E-state index is -0.228. The third-order valence-electron chi connectivity index (χ3n) is 5.87. The molecule has 0 aliphatic rings. The average Bonchev–Trinajstić information content (AvgIpc) is 3.10. The van der Waals surface area contributed by atoms with Crippen molar-refractivity contribution >= 4 is 39.1 Å². The van der Waals surface area contributed by atoms with E-state index in [-0.39, 0.29) is 17.3 Å². The van der Waals surface area contributed by atoms with E-state index in [1.807, 2.05) is 68.4 Å². The fourth-order valence-electron chi connectivity index (χ4n) is 4.25. The Bertz CT molecular complexity index is 1340. The maximum absolute atomic E-state index is 13.2. The zero-order valence-corrected chi connectivity index (χ0v) is 18.2. The van der Waals surface area contributed by atoms with Gasteiger partial charge in [-0.1, -0.05) is 37.6 Å². The Balaban J connectivity index is 1.89. The Kier molecular flexibility index (Phi) is 5.55. The van der Waals surface area contributed by atoms with E-state index in [0.717, 1.165) is 40.3 Å². The summed E-state index contributed by atoms with van der Waals surface area (Å²) in [7, 11) is 0. The van der Waals surface area contributed by atoms with Gasteiger partial charge in [-0.25, -0.2) is 0 Å². The number of hydrogen-bond donors (Lipinski definition) is 1. The molecule has 0 unspecified atom stereocenters. The Morgan fingerprint density at radius 1 is 0.871 bits per heavy atom. The van der Waals surface area contributed by atoms with Crippen molar-refractivity contribution in [3.8, 4) is 0 Å². The topological polar surface area (TPSA) is 62.9 Å². The first-order valence-corrected chi connectivity index (χ1v) is 10.7. The Labute approximate surface area is 182 Å². The third kappa shape index (κ3) is 3.59. The van der Waals surface area contributed by atoms with Crippen molar-refractivity contribution in [2.45, 2.75) is 40.2 Å².